The Morgan fingerprint density at radius 1 is 0.886 bits per heavy atom. The molecule has 0 aliphatic heterocycles. The Hall–Kier alpha value is -3.85. The minimum Gasteiger partial charge on any atom is -0.279 e. The lowest BCUT2D eigenvalue weighted by Crippen LogP contribution is -2.22. The molecule has 0 aliphatic rings. The van der Waals surface area contributed by atoms with Crippen molar-refractivity contribution in [3.8, 4) is 16.8 Å². The van der Waals surface area contributed by atoms with Crippen LogP contribution in [0.4, 0.5) is 13.2 Å². The van der Waals surface area contributed by atoms with Crippen molar-refractivity contribution in [3.63, 3.8) is 0 Å². The minimum absolute atomic E-state index is 0.0296. The van der Waals surface area contributed by atoms with E-state index in [2.05, 4.69) is 16.3 Å². The molecular formula is C26H19F3N4OS. The van der Waals surface area contributed by atoms with Crippen LogP contribution in [0.1, 0.15) is 16.7 Å². The summed E-state index contributed by atoms with van der Waals surface area (Å²) in [6.07, 6.45) is -1.46. The van der Waals surface area contributed by atoms with Crippen molar-refractivity contribution in [1.29, 1.82) is 0 Å². The average molecular weight is 493 g/mol. The second kappa shape index (κ2) is 9.07. The van der Waals surface area contributed by atoms with Crippen LogP contribution in [0.5, 0.6) is 0 Å². The third-order valence-electron chi connectivity index (χ3n) is 5.77. The summed E-state index contributed by atoms with van der Waals surface area (Å²) in [5, 5.41) is 8.73. The molecular weight excluding hydrogens is 473 g/mol. The fraction of sp³-hybridized carbons (Fsp3) is 0.115. The molecule has 2 aromatic heterocycles. The highest BCUT2D eigenvalue weighted by Gasteiger charge is 2.33. The van der Waals surface area contributed by atoms with Gasteiger partial charge in [-0.3, -0.25) is 13.8 Å². The van der Waals surface area contributed by atoms with Crippen molar-refractivity contribution in [2.75, 3.05) is 0 Å². The van der Waals surface area contributed by atoms with Crippen molar-refractivity contribution >= 4 is 17.4 Å². The Balaban J connectivity index is 1.47. The summed E-state index contributed by atoms with van der Waals surface area (Å²) in [4.78, 5) is 13.1. The molecule has 9 heteroatoms. The molecule has 0 saturated carbocycles. The van der Waals surface area contributed by atoms with Gasteiger partial charge in [-0.2, -0.15) is 13.2 Å². The van der Waals surface area contributed by atoms with Crippen LogP contribution in [0.2, 0.25) is 0 Å². The molecule has 0 spiro atoms. The van der Waals surface area contributed by atoms with Crippen LogP contribution in [-0.2, 0) is 11.9 Å². The van der Waals surface area contributed by atoms with Crippen LogP contribution in [0, 0.1) is 6.92 Å². The van der Waals surface area contributed by atoms with Crippen molar-refractivity contribution in [1.82, 2.24) is 19.2 Å². The molecule has 0 unspecified atom stereocenters. The Labute approximate surface area is 202 Å². The summed E-state index contributed by atoms with van der Waals surface area (Å²) in [5.74, 6) is 0.599. The third kappa shape index (κ3) is 4.35. The van der Waals surface area contributed by atoms with Crippen molar-refractivity contribution in [3.05, 3.63) is 112 Å². The van der Waals surface area contributed by atoms with Crippen LogP contribution in [0.15, 0.2) is 95.1 Å². The molecule has 0 N–H and O–H groups in total. The summed E-state index contributed by atoms with van der Waals surface area (Å²) in [6, 6.07) is 21.9. The number of aromatic nitrogens is 4. The number of fused-ring (bicyclic) bond motifs is 1. The summed E-state index contributed by atoms with van der Waals surface area (Å²) < 4.78 is 42.8. The predicted octanol–water partition coefficient (Wildman–Crippen LogP) is 6.17. The molecule has 2 heterocycles. The number of hydrogen-bond acceptors (Lipinski definition) is 4. The molecule has 35 heavy (non-hydrogen) atoms. The molecule has 0 aliphatic carbocycles. The van der Waals surface area contributed by atoms with Gasteiger partial charge in [0.05, 0.1) is 11.3 Å². The molecule has 5 rings (SSSR count). The van der Waals surface area contributed by atoms with E-state index in [9.17, 15) is 18.0 Å². The normalized spacial score (nSPS) is 11.8. The molecule has 0 saturated heterocycles. The summed E-state index contributed by atoms with van der Waals surface area (Å²) in [5.41, 5.74) is 2.16. The monoisotopic (exact) mass is 492 g/mol. The summed E-state index contributed by atoms with van der Waals surface area (Å²) >= 11 is 1.43. The third-order valence-corrected chi connectivity index (χ3v) is 6.76. The Morgan fingerprint density at radius 3 is 2.40 bits per heavy atom. The highest BCUT2D eigenvalue weighted by Crippen LogP contribution is 2.34. The van der Waals surface area contributed by atoms with Gasteiger partial charge < -0.3 is 0 Å². The van der Waals surface area contributed by atoms with Gasteiger partial charge in [-0.25, -0.2) is 0 Å². The van der Waals surface area contributed by atoms with Gasteiger partial charge in [0, 0.05) is 18.1 Å². The molecule has 0 atom stereocenters. The van der Waals surface area contributed by atoms with Gasteiger partial charge in [0.2, 0.25) is 5.65 Å². The standard InChI is InChI=1S/C26H19F3N4OS/c1-17-21(26(27,28)29)12-7-13-22(17)32-14-15-33-23(24(32)34)30-31-25(33)35-16-19-10-5-6-11-20(19)18-8-3-2-4-9-18/h2-15H,16H2,1H3. The molecule has 3 aromatic carbocycles. The van der Waals surface area contributed by atoms with E-state index in [-0.39, 0.29) is 16.9 Å². The predicted molar refractivity (Wildman–Crippen MR) is 130 cm³/mol. The highest BCUT2D eigenvalue weighted by molar-refractivity contribution is 7.98. The number of hydrogen-bond donors (Lipinski definition) is 0. The lowest BCUT2D eigenvalue weighted by molar-refractivity contribution is -0.138. The first-order chi connectivity index (χ1) is 16.8. The van der Waals surface area contributed by atoms with Gasteiger partial charge in [-0.15, -0.1) is 10.2 Å². The zero-order valence-corrected chi connectivity index (χ0v) is 19.3. The summed E-state index contributed by atoms with van der Waals surface area (Å²) in [7, 11) is 0. The second-order valence-electron chi connectivity index (χ2n) is 7.91. The van der Waals surface area contributed by atoms with E-state index in [4.69, 9.17) is 0 Å². The van der Waals surface area contributed by atoms with E-state index in [0.717, 1.165) is 22.8 Å². The van der Waals surface area contributed by atoms with Crippen molar-refractivity contribution in [2.24, 2.45) is 0 Å². The highest BCUT2D eigenvalue weighted by atomic mass is 32.2. The van der Waals surface area contributed by atoms with Crippen molar-refractivity contribution < 1.29 is 13.2 Å². The SMILES string of the molecule is Cc1c(-n2ccn3c(SCc4ccccc4-c4ccccc4)nnc3c2=O)cccc1C(F)(F)F. The van der Waals surface area contributed by atoms with Gasteiger partial charge >= 0.3 is 11.7 Å². The zero-order chi connectivity index (χ0) is 24.6. The molecule has 0 radical (unpaired) electrons. The maximum Gasteiger partial charge on any atom is 0.416 e. The second-order valence-corrected chi connectivity index (χ2v) is 8.85. The molecule has 0 fully saturated rings. The van der Waals surface area contributed by atoms with E-state index in [1.165, 1.54) is 41.6 Å². The van der Waals surface area contributed by atoms with Crippen molar-refractivity contribution in [2.45, 2.75) is 24.0 Å². The molecule has 0 amide bonds. The maximum atomic E-state index is 13.3. The Bertz CT molecular complexity index is 1580. The first-order valence-corrected chi connectivity index (χ1v) is 11.7. The average Bonchev–Trinajstić information content (AvgIpc) is 3.27. The number of rotatable bonds is 5. The van der Waals surface area contributed by atoms with Crippen LogP contribution >= 0.6 is 11.8 Å². The largest absolute Gasteiger partial charge is 0.416 e. The zero-order valence-electron chi connectivity index (χ0n) is 18.5. The van der Waals surface area contributed by atoms with Gasteiger partial charge in [-0.05, 0) is 41.3 Å². The minimum atomic E-state index is -4.51. The lowest BCUT2D eigenvalue weighted by Gasteiger charge is -2.15. The van der Waals surface area contributed by atoms with Gasteiger partial charge in [0.1, 0.15) is 0 Å². The van der Waals surface area contributed by atoms with Crippen LogP contribution in [-0.4, -0.2) is 19.2 Å². The Kier molecular flexibility index (Phi) is 5.94. The van der Waals surface area contributed by atoms with Crippen LogP contribution in [0.25, 0.3) is 22.5 Å². The van der Waals surface area contributed by atoms with E-state index >= 15 is 0 Å². The number of nitrogens with zero attached hydrogens (tertiary/aromatic N) is 4. The van der Waals surface area contributed by atoms with Gasteiger partial charge in [0.15, 0.2) is 5.16 Å². The Morgan fingerprint density at radius 2 is 1.63 bits per heavy atom. The number of thioether (sulfide) groups is 1. The number of alkyl halides is 3. The molecule has 5 nitrogen and oxygen atoms in total. The maximum absolute atomic E-state index is 13.3. The van der Waals surface area contributed by atoms with Crippen LogP contribution < -0.4 is 5.56 Å². The fourth-order valence-electron chi connectivity index (χ4n) is 4.03. The smallest absolute Gasteiger partial charge is 0.279 e. The fourth-order valence-corrected chi connectivity index (χ4v) is 4.95. The van der Waals surface area contributed by atoms with E-state index in [0.29, 0.717) is 10.9 Å². The van der Waals surface area contributed by atoms with Crippen LogP contribution in [0.3, 0.4) is 0 Å². The topological polar surface area (TPSA) is 52.2 Å². The van der Waals surface area contributed by atoms with E-state index in [1.807, 2.05) is 48.5 Å². The van der Waals surface area contributed by atoms with Gasteiger partial charge in [-0.1, -0.05) is 72.4 Å². The van der Waals surface area contributed by atoms with E-state index < -0.39 is 17.3 Å². The number of benzene rings is 3. The molecule has 5 aromatic rings. The molecule has 176 valence electrons. The first kappa shape index (κ1) is 22.9. The number of halogens is 3. The quantitative estimate of drug-likeness (QED) is 0.276. The summed E-state index contributed by atoms with van der Waals surface area (Å²) in [6.45, 7) is 1.35. The first-order valence-electron chi connectivity index (χ1n) is 10.7. The lowest BCUT2D eigenvalue weighted by atomic mass is 10.0. The van der Waals surface area contributed by atoms with E-state index in [1.54, 1.807) is 10.6 Å². The van der Waals surface area contributed by atoms with Gasteiger partial charge in [0.25, 0.3) is 0 Å². The molecule has 0 bridgehead atoms.